The summed E-state index contributed by atoms with van der Waals surface area (Å²) in [6, 6.07) is 3.19. The van der Waals surface area contributed by atoms with E-state index in [1.807, 2.05) is 0 Å². The second kappa shape index (κ2) is 5.29. The fourth-order valence-corrected chi connectivity index (χ4v) is 1.41. The van der Waals surface area contributed by atoms with Crippen LogP contribution < -0.4 is 19.1 Å². The number of methoxy groups -OCH3 is 3. The minimum atomic E-state index is -1.10. The van der Waals surface area contributed by atoms with E-state index < -0.39 is 6.09 Å². The Labute approximate surface area is 99.3 Å². The number of benzene rings is 1. The molecule has 0 aromatic heterocycles. The van der Waals surface area contributed by atoms with Crippen molar-refractivity contribution in [3.63, 3.8) is 0 Å². The molecule has 0 saturated carbocycles. The lowest BCUT2D eigenvalue weighted by molar-refractivity contribution is 0.203. The van der Waals surface area contributed by atoms with Crippen LogP contribution in [0.5, 0.6) is 17.2 Å². The molecule has 0 saturated heterocycles. The Morgan fingerprint density at radius 3 is 1.88 bits per heavy atom. The Bertz CT molecular complexity index is 393. The first-order valence-corrected chi connectivity index (χ1v) is 4.81. The van der Waals surface area contributed by atoms with Gasteiger partial charge >= 0.3 is 6.09 Å². The Morgan fingerprint density at radius 1 is 1.12 bits per heavy atom. The maximum atomic E-state index is 11.0. The molecule has 1 aromatic carbocycles. The first-order valence-electron chi connectivity index (χ1n) is 4.81. The van der Waals surface area contributed by atoms with Crippen molar-refractivity contribution in [2.45, 2.75) is 0 Å². The molecule has 0 aliphatic carbocycles. The number of hydrogen-bond donors (Lipinski definition) is 1. The monoisotopic (exact) mass is 241 g/mol. The van der Waals surface area contributed by atoms with Crippen LogP contribution in [0.3, 0.4) is 0 Å². The molecule has 94 valence electrons. The molecule has 0 unspecified atom stereocenters. The van der Waals surface area contributed by atoms with Gasteiger partial charge in [0, 0.05) is 19.2 Å². The van der Waals surface area contributed by atoms with Crippen LogP contribution >= 0.6 is 0 Å². The van der Waals surface area contributed by atoms with Gasteiger partial charge in [0.05, 0.1) is 21.3 Å². The van der Waals surface area contributed by atoms with Gasteiger partial charge in [0.25, 0.3) is 0 Å². The highest BCUT2D eigenvalue weighted by Gasteiger charge is 2.20. The SMILES string of the molecule is COc1cc(OC)c(N(C)C(=O)O)c(OC)c1. The molecular weight excluding hydrogens is 226 g/mol. The first kappa shape index (κ1) is 13.0. The highest BCUT2D eigenvalue weighted by atomic mass is 16.5. The van der Waals surface area contributed by atoms with Crippen LogP contribution in [0.15, 0.2) is 12.1 Å². The van der Waals surface area contributed by atoms with Crippen LogP contribution in [0.4, 0.5) is 10.5 Å². The molecule has 17 heavy (non-hydrogen) atoms. The van der Waals surface area contributed by atoms with Gasteiger partial charge in [-0.1, -0.05) is 0 Å². The van der Waals surface area contributed by atoms with Crippen LogP contribution in [0.1, 0.15) is 0 Å². The number of nitrogens with zero attached hydrogens (tertiary/aromatic N) is 1. The summed E-state index contributed by atoms with van der Waals surface area (Å²) in [5.41, 5.74) is 0.336. The van der Waals surface area contributed by atoms with Crippen molar-refractivity contribution in [2.75, 3.05) is 33.3 Å². The number of carboxylic acid groups (broad SMARTS) is 1. The number of carbonyl (C=O) groups is 1. The smallest absolute Gasteiger partial charge is 0.411 e. The zero-order valence-electron chi connectivity index (χ0n) is 10.2. The molecule has 0 bridgehead atoms. The summed E-state index contributed by atoms with van der Waals surface area (Å²) in [5, 5.41) is 8.99. The predicted octanol–water partition coefficient (Wildman–Crippen LogP) is 1.83. The fourth-order valence-electron chi connectivity index (χ4n) is 1.41. The van der Waals surface area contributed by atoms with Gasteiger partial charge in [-0.05, 0) is 0 Å². The summed E-state index contributed by atoms with van der Waals surface area (Å²) in [4.78, 5) is 12.0. The van der Waals surface area contributed by atoms with Gasteiger partial charge < -0.3 is 19.3 Å². The van der Waals surface area contributed by atoms with E-state index in [1.165, 1.54) is 28.4 Å². The Kier molecular flexibility index (Phi) is 4.03. The van der Waals surface area contributed by atoms with Crippen molar-refractivity contribution in [1.82, 2.24) is 0 Å². The second-order valence-corrected chi connectivity index (χ2v) is 3.22. The van der Waals surface area contributed by atoms with Gasteiger partial charge in [-0.3, -0.25) is 4.90 Å². The molecule has 1 amide bonds. The van der Waals surface area contributed by atoms with E-state index in [-0.39, 0.29) is 0 Å². The number of amides is 1. The van der Waals surface area contributed by atoms with Gasteiger partial charge in [0.15, 0.2) is 0 Å². The number of ether oxygens (including phenoxy) is 3. The zero-order valence-corrected chi connectivity index (χ0v) is 10.2. The molecule has 0 aliphatic heterocycles. The van der Waals surface area contributed by atoms with Gasteiger partial charge in [-0.25, -0.2) is 4.79 Å². The standard InChI is InChI=1S/C11H15NO5/c1-12(11(13)14)10-8(16-3)5-7(15-2)6-9(10)17-4/h5-6H,1-4H3,(H,13,14). The van der Waals surface area contributed by atoms with E-state index in [2.05, 4.69) is 0 Å². The maximum Gasteiger partial charge on any atom is 0.411 e. The normalized spacial score (nSPS) is 9.65. The molecule has 0 aliphatic rings. The van der Waals surface area contributed by atoms with Crippen LogP contribution in [-0.4, -0.2) is 39.6 Å². The molecule has 1 rings (SSSR count). The van der Waals surface area contributed by atoms with Crippen LogP contribution in [0.25, 0.3) is 0 Å². The van der Waals surface area contributed by atoms with E-state index in [4.69, 9.17) is 19.3 Å². The van der Waals surface area contributed by atoms with Gasteiger partial charge in [-0.2, -0.15) is 0 Å². The maximum absolute atomic E-state index is 11.0. The average molecular weight is 241 g/mol. The highest BCUT2D eigenvalue weighted by Crippen LogP contribution is 2.40. The second-order valence-electron chi connectivity index (χ2n) is 3.22. The van der Waals surface area contributed by atoms with E-state index in [0.717, 1.165) is 4.90 Å². The molecule has 0 radical (unpaired) electrons. The van der Waals surface area contributed by atoms with Gasteiger partial charge in [0.2, 0.25) is 0 Å². The highest BCUT2D eigenvalue weighted by molar-refractivity contribution is 5.90. The average Bonchev–Trinajstić information content (AvgIpc) is 2.35. The van der Waals surface area contributed by atoms with Crippen molar-refractivity contribution in [2.24, 2.45) is 0 Å². The molecule has 6 nitrogen and oxygen atoms in total. The largest absolute Gasteiger partial charge is 0.496 e. The van der Waals surface area contributed by atoms with E-state index in [1.54, 1.807) is 12.1 Å². The third-order valence-electron chi connectivity index (χ3n) is 2.31. The Balaban J connectivity index is 3.39. The first-order chi connectivity index (χ1) is 8.04. The summed E-state index contributed by atoms with van der Waals surface area (Å²) < 4.78 is 15.3. The topological polar surface area (TPSA) is 68.2 Å². The molecule has 0 fully saturated rings. The van der Waals surface area contributed by atoms with Crippen molar-refractivity contribution in [3.8, 4) is 17.2 Å². The van der Waals surface area contributed by atoms with E-state index in [0.29, 0.717) is 22.9 Å². The van der Waals surface area contributed by atoms with Gasteiger partial charge in [-0.15, -0.1) is 0 Å². The van der Waals surface area contributed by atoms with Crippen molar-refractivity contribution in [3.05, 3.63) is 12.1 Å². The summed E-state index contributed by atoms with van der Waals surface area (Å²) >= 11 is 0. The molecule has 0 atom stereocenters. The van der Waals surface area contributed by atoms with Crippen LogP contribution in [0, 0.1) is 0 Å². The molecule has 6 heteroatoms. The third-order valence-corrected chi connectivity index (χ3v) is 2.31. The lowest BCUT2D eigenvalue weighted by Crippen LogP contribution is -2.24. The predicted molar refractivity (Wildman–Crippen MR) is 62.5 cm³/mol. The number of hydrogen-bond acceptors (Lipinski definition) is 4. The number of anilines is 1. The lowest BCUT2D eigenvalue weighted by Gasteiger charge is -2.20. The minimum absolute atomic E-state index is 0.336. The van der Waals surface area contributed by atoms with Crippen molar-refractivity contribution >= 4 is 11.8 Å². The summed E-state index contributed by atoms with van der Waals surface area (Å²) in [5.74, 6) is 1.26. The number of rotatable bonds is 4. The summed E-state index contributed by atoms with van der Waals surface area (Å²) in [6.07, 6.45) is -1.10. The molecule has 0 heterocycles. The quantitative estimate of drug-likeness (QED) is 0.870. The van der Waals surface area contributed by atoms with Crippen LogP contribution in [-0.2, 0) is 0 Å². The van der Waals surface area contributed by atoms with E-state index >= 15 is 0 Å². The molecular formula is C11H15NO5. The lowest BCUT2D eigenvalue weighted by atomic mass is 10.2. The fraction of sp³-hybridized carbons (Fsp3) is 0.364. The third kappa shape index (κ3) is 2.52. The minimum Gasteiger partial charge on any atom is -0.496 e. The Morgan fingerprint density at radius 2 is 1.59 bits per heavy atom. The summed E-state index contributed by atoms with van der Waals surface area (Å²) in [6.45, 7) is 0. The molecule has 1 aromatic rings. The van der Waals surface area contributed by atoms with Crippen molar-refractivity contribution in [1.29, 1.82) is 0 Å². The Hall–Kier alpha value is -2.11. The molecule has 0 spiro atoms. The van der Waals surface area contributed by atoms with Crippen molar-refractivity contribution < 1.29 is 24.1 Å². The zero-order chi connectivity index (χ0) is 13.0. The summed E-state index contributed by atoms with van der Waals surface area (Å²) in [7, 11) is 5.82. The van der Waals surface area contributed by atoms with Crippen LogP contribution in [0.2, 0.25) is 0 Å². The van der Waals surface area contributed by atoms with Gasteiger partial charge in [0.1, 0.15) is 22.9 Å². The van der Waals surface area contributed by atoms with E-state index in [9.17, 15) is 4.79 Å². The molecule has 1 N–H and O–H groups in total.